The van der Waals surface area contributed by atoms with E-state index < -0.39 is 67.3 Å². The smallest absolute Gasteiger partial charge is 0.335 e. The summed E-state index contributed by atoms with van der Waals surface area (Å²) in [6.07, 6.45) is 78.7. The second-order valence-electron chi connectivity index (χ2n) is 21.3. The molecule has 6 atom stereocenters. The van der Waals surface area contributed by atoms with Gasteiger partial charge in [0.2, 0.25) is 0 Å². The Bertz CT molecular complexity index is 2210. The number of aliphatic hydroxyl groups excluding tert-OH is 2. The Balaban J connectivity index is 2.78. The predicted molar refractivity (Wildman–Crippen MR) is 358 cm³/mol. The molecule has 87 heavy (non-hydrogen) atoms. The maximum Gasteiger partial charge on any atom is 0.335 e. The van der Waals surface area contributed by atoms with Crippen molar-refractivity contribution in [2.24, 2.45) is 0 Å². The number of hydrogen-bond acceptors (Lipinski definition) is 11. The van der Waals surface area contributed by atoms with Gasteiger partial charge in [-0.1, -0.05) is 242 Å². The van der Waals surface area contributed by atoms with Gasteiger partial charge >= 0.3 is 23.9 Å². The van der Waals surface area contributed by atoms with Gasteiger partial charge in [-0.15, -0.1) is 0 Å². The molecular formula is C75H112O12. The van der Waals surface area contributed by atoms with Gasteiger partial charge < -0.3 is 39.0 Å². The van der Waals surface area contributed by atoms with Crippen LogP contribution in [0.15, 0.2) is 182 Å². The lowest BCUT2D eigenvalue weighted by molar-refractivity contribution is -0.301. The van der Waals surface area contributed by atoms with E-state index in [9.17, 15) is 34.5 Å². The van der Waals surface area contributed by atoms with Gasteiger partial charge in [0.05, 0.1) is 6.61 Å². The number of ether oxygens (including phenoxy) is 5. The number of aliphatic hydroxyl groups is 2. The molecule has 484 valence electrons. The highest BCUT2D eigenvalue weighted by molar-refractivity contribution is 5.74. The van der Waals surface area contributed by atoms with Crippen LogP contribution in [0.2, 0.25) is 0 Å². The molecule has 0 bridgehead atoms. The van der Waals surface area contributed by atoms with Gasteiger partial charge in [-0.05, 0) is 135 Å². The van der Waals surface area contributed by atoms with E-state index in [1.165, 1.54) is 19.3 Å². The normalized spacial score (nSPS) is 18.6. The van der Waals surface area contributed by atoms with Crippen LogP contribution in [0.3, 0.4) is 0 Å². The fraction of sp³-hybridized carbons (Fsp3) is 0.547. The molecule has 0 amide bonds. The summed E-state index contributed by atoms with van der Waals surface area (Å²) in [6, 6.07) is 0. The Labute approximate surface area is 525 Å². The van der Waals surface area contributed by atoms with Gasteiger partial charge in [0, 0.05) is 19.3 Å². The van der Waals surface area contributed by atoms with Gasteiger partial charge in [-0.25, -0.2) is 4.79 Å². The third-order valence-electron chi connectivity index (χ3n) is 13.5. The second kappa shape index (κ2) is 60.1. The Morgan fingerprint density at radius 2 is 0.747 bits per heavy atom. The Morgan fingerprint density at radius 1 is 0.391 bits per heavy atom. The predicted octanol–water partition coefficient (Wildman–Crippen LogP) is 18.0. The van der Waals surface area contributed by atoms with Crippen molar-refractivity contribution in [2.45, 2.75) is 250 Å². The second-order valence-corrected chi connectivity index (χ2v) is 21.3. The maximum atomic E-state index is 13.2. The van der Waals surface area contributed by atoms with Gasteiger partial charge in [0.25, 0.3) is 0 Å². The van der Waals surface area contributed by atoms with Crippen molar-refractivity contribution in [1.29, 1.82) is 0 Å². The van der Waals surface area contributed by atoms with Crippen molar-refractivity contribution in [3.05, 3.63) is 182 Å². The van der Waals surface area contributed by atoms with Crippen molar-refractivity contribution in [3.63, 3.8) is 0 Å². The number of carboxylic acid groups (broad SMARTS) is 1. The minimum absolute atomic E-state index is 0.0708. The lowest BCUT2D eigenvalue weighted by Gasteiger charge is -2.40. The molecule has 0 aromatic rings. The van der Waals surface area contributed by atoms with Crippen LogP contribution in [0, 0.1) is 0 Å². The number of hydrogen-bond donors (Lipinski definition) is 3. The van der Waals surface area contributed by atoms with Crippen molar-refractivity contribution in [2.75, 3.05) is 13.2 Å². The van der Waals surface area contributed by atoms with Crippen LogP contribution in [0.4, 0.5) is 0 Å². The monoisotopic (exact) mass is 1200 g/mol. The van der Waals surface area contributed by atoms with E-state index in [-0.39, 0.29) is 25.9 Å². The number of esters is 3. The van der Waals surface area contributed by atoms with Crippen LogP contribution >= 0.6 is 0 Å². The highest BCUT2D eigenvalue weighted by Crippen LogP contribution is 2.26. The topological polar surface area (TPSA) is 175 Å². The number of carbonyl (C=O) groups is 4. The van der Waals surface area contributed by atoms with Crippen molar-refractivity contribution in [3.8, 4) is 0 Å². The van der Waals surface area contributed by atoms with Gasteiger partial charge in [-0.2, -0.15) is 0 Å². The summed E-state index contributed by atoms with van der Waals surface area (Å²) in [5.74, 6) is -3.39. The molecule has 0 aromatic carbocycles. The van der Waals surface area contributed by atoms with E-state index in [0.29, 0.717) is 32.1 Å². The summed E-state index contributed by atoms with van der Waals surface area (Å²) < 4.78 is 28.3. The molecule has 1 saturated heterocycles. The fourth-order valence-electron chi connectivity index (χ4n) is 8.54. The first-order chi connectivity index (χ1) is 42.6. The molecule has 1 aliphatic rings. The van der Waals surface area contributed by atoms with Crippen molar-refractivity contribution < 1.29 is 58.2 Å². The molecule has 0 saturated carbocycles. The third-order valence-corrected chi connectivity index (χ3v) is 13.5. The zero-order chi connectivity index (χ0) is 63.1. The molecule has 1 fully saturated rings. The molecule has 1 heterocycles. The van der Waals surface area contributed by atoms with Crippen LogP contribution < -0.4 is 0 Å². The molecule has 0 aromatic heterocycles. The number of carbonyl (C=O) groups excluding carboxylic acids is 3. The Hall–Kier alpha value is -6.18. The van der Waals surface area contributed by atoms with E-state index in [1.54, 1.807) is 0 Å². The number of allylic oxidation sites excluding steroid dienone is 30. The number of unbranched alkanes of at least 4 members (excludes halogenated alkanes) is 9. The average molecular weight is 1210 g/mol. The summed E-state index contributed by atoms with van der Waals surface area (Å²) in [5.41, 5.74) is 0. The van der Waals surface area contributed by atoms with Crippen LogP contribution in [-0.2, 0) is 42.9 Å². The highest BCUT2D eigenvalue weighted by atomic mass is 16.7. The molecule has 1 rings (SSSR count). The summed E-state index contributed by atoms with van der Waals surface area (Å²) in [4.78, 5) is 51.3. The summed E-state index contributed by atoms with van der Waals surface area (Å²) in [6.45, 7) is 5.63. The third kappa shape index (κ3) is 49.5. The number of carboxylic acids is 1. The van der Waals surface area contributed by atoms with Crippen LogP contribution in [0.1, 0.15) is 213 Å². The standard InChI is InChI=1S/C75H112O12/c1-4-7-10-13-16-19-22-25-28-31-34-37-40-43-46-49-52-55-58-61-67(76)83-64-66(85-68(77)62-59-56-53-50-47-44-41-38-35-32-29-26-23-20-17-14-11-8-5-2)65-84-75-73(71(80)70(79)72(87-75)74(81)82)86-69(78)63-60-57-54-51-48-45-42-39-36-33-30-27-24-21-18-15-12-9-6-3/h7,9-10,12,16-21,25-30,34-39,43,45-46,48,52,54-55,57,66,70-73,75,79-80H,4-6,8,11,13-15,22-24,31-33,40-42,44,47,49-51,53,56,58-65H2,1-3H3,(H,81,82)/b10-7-,12-9-,19-16-,20-17-,21-18-,28-25-,29-26-,30-27-,37-34-,38-35-,39-36-,46-43-,48-45-,55-52-,57-54-. The molecule has 12 heteroatoms. The summed E-state index contributed by atoms with van der Waals surface area (Å²) in [7, 11) is 0. The van der Waals surface area contributed by atoms with Crippen LogP contribution in [0.5, 0.6) is 0 Å². The molecule has 0 spiro atoms. The number of aliphatic carboxylic acids is 1. The lowest BCUT2D eigenvalue weighted by Crippen LogP contribution is -2.61. The zero-order valence-electron chi connectivity index (χ0n) is 53.4. The lowest BCUT2D eigenvalue weighted by atomic mass is 9.98. The van der Waals surface area contributed by atoms with E-state index in [1.807, 2.05) is 30.4 Å². The van der Waals surface area contributed by atoms with Crippen molar-refractivity contribution >= 4 is 23.9 Å². The zero-order valence-corrected chi connectivity index (χ0v) is 53.4. The van der Waals surface area contributed by atoms with Gasteiger partial charge in [0.15, 0.2) is 24.6 Å². The first-order valence-corrected chi connectivity index (χ1v) is 32.8. The first kappa shape index (κ1) is 78.8. The molecule has 6 unspecified atom stereocenters. The van der Waals surface area contributed by atoms with Crippen LogP contribution in [-0.4, -0.2) is 89.2 Å². The molecule has 0 aliphatic carbocycles. The largest absolute Gasteiger partial charge is 0.479 e. The molecule has 3 N–H and O–H groups in total. The Kier molecular flexibility index (Phi) is 54.5. The van der Waals surface area contributed by atoms with Gasteiger partial charge in [0.1, 0.15) is 18.8 Å². The molecule has 12 nitrogen and oxygen atoms in total. The minimum atomic E-state index is -1.95. The van der Waals surface area contributed by atoms with E-state index in [4.69, 9.17) is 23.7 Å². The quantitative estimate of drug-likeness (QED) is 0.0228. The van der Waals surface area contributed by atoms with E-state index >= 15 is 0 Å². The first-order valence-electron chi connectivity index (χ1n) is 32.8. The molecular weight excluding hydrogens is 1090 g/mol. The van der Waals surface area contributed by atoms with Crippen LogP contribution in [0.25, 0.3) is 0 Å². The van der Waals surface area contributed by atoms with Crippen molar-refractivity contribution in [1.82, 2.24) is 0 Å². The average Bonchev–Trinajstić information content (AvgIpc) is 2.56. The molecule has 0 radical (unpaired) electrons. The van der Waals surface area contributed by atoms with Gasteiger partial charge in [-0.3, -0.25) is 14.4 Å². The fourth-order valence-corrected chi connectivity index (χ4v) is 8.54. The highest BCUT2D eigenvalue weighted by Gasteiger charge is 2.50. The summed E-state index contributed by atoms with van der Waals surface area (Å²) in [5, 5.41) is 31.6. The minimum Gasteiger partial charge on any atom is -0.479 e. The SMILES string of the molecule is CC/C=C\C/C=C\C/C=C\C/C=C\C/C=C\C/C=C\CCC(=O)OCC(COC1OC(C(=O)O)C(O)C(O)C1OC(=O)CC/C=C\C/C=C\C/C=C\C/C=C\C/C=C\C/C=C\CC)OC(=O)CCCCCCCC/C=C\C/C=C\C/C=C\CCCCC. The van der Waals surface area contributed by atoms with E-state index in [2.05, 4.69) is 173 Å². The summed E-state index contributed by atoms with van der Waals surface area (Å²) >= 11 is 0. The van der Waals surface area contributed by atoms with E-state index in [0.717, 1.165) is 122 Å². The number of rotatable bonds is 53. The molecule has 1 aliphatic heterocycles. The maximum absolute atomic E-state index is 13.2. The Morgan fingerprint density at radius 3 is 1.15 bits per heavy atom.